The average molecular weight is 315 g/mol. The van der Waals surface area contributed by atoms with Gasteiger partial charge in [-0.15, -0.1) is 0 Å². The van der Waals surface area contributed by atoms with Crippen molar-refractivity contribution in [3.8, 4) is 0 Å². The van der Waals surface area contributed by atoms with E-state index in [4.69, 9.17) is 0 Å². The lowest BCUT2D eigenvalue weighted by molar-refractivity contribution is -0.130. The van der Waals surface area contributed by atoms with E-state index in [1.807, 2.05) is 4.90 Å². The second-order valence-corrected chi connectivity index (χ2v) is 8.52. The van der Waals surface area contributed by atoms with Gasteiger partial charge in [-0.1, -0.05) is 0 Å². The molecule has 0 spiro atoms. The summed E-state index contributed by atoms with van der Waals surface area (Å²) >= 11 is 0. The third-order valence-electron chi connectivity index (χ3n) is 5.09. The largest absolute Gasteiger partial charge is 0.337 e. The van der Waals surface area contributed by atoms with Crippen LogP contribution in [-0.4, -0.2) is 68.0 Å². The van der Waals surface area contributed by atoms with Crippen molar-refractivity contribution >= 4 is 15.9 Å². The van der Waals surface area contributed by atoms with Gasteiger partial charge in [0.25, 0.3) is 0 Å². The first-order chi connectivity index (χ1) is 10.1. The SMILES string of the molecule is O=C1CCC2CN(S(=O)(=O)CCC3CCNCC3)CCN12. The summed E-state index contributed by atoms with van der Waals surface area (Å²) in [4.78, 5) is 13.5. The molecule has 3 aliphatic rings. The zero-order valence-corrected chi connectivity index (χ0v) is 13.3. The molecular weight excluding hydrogens is 290 g/mol. The van der Waals surface area contributed by atoms with Crippen molar-refractivity contribution in [2.45, 2.75) is 38.1 Å². The maximum absolute atomic E-state index is 12.5. The molecule has 7 heteroatoms. The van der Waals surface area contributed by atoms with Gasteiger partial charge in [0.2, 0.25) is 15.9 Å². The lowest BCUT2D eigenvalue weighted by Crippen LogP contribution is -2.53. The van der Waals surface area contributed by atoms with Gasteiger partial charge in [0.1, 0.15) is 0 Å². The lowest BCUT2D eigenvalue weighted by Gasteiger charge is -2.37. The Morgan fingerprint density at radius 1 is 1.14 bits per heavy atom. The van der Waals surface area contributed by atoms with Crippen LogP contribution in [0.5, 0.6) is 0 Å². The second-order valence-electron chi connectivity index (χ2n) is 6.44. The Morgan fingerprint density at radius 2 is 1.90 bits per heavy atom. The van der Waals surface area contributed by atoms with Crippen LogP contribution in [0.2, 0.25) is 0 Å². The topological polar surface area (TPSA) is 69.7 Å². The lowest BCUT2D eigenvalue weighted by atomic mass is 9.96. The van der Waals surface area contributed by atoms with Crippen molar-refractivity contribution in [1.29, 1.82) is 0 Å². The number of carbonyl (C=O) groups is 1. The van der Waals surface area contributed by atoms with E-state index >= 15 is 0 Å². The fourth-order valence-corrected chi connectivity index (χ4v) is 5.35. The molecule has 1 unspecified atom stereocenters. The third-order valence-corrected chi connectivity index (χ3v) is 6.96. The minimum Gasteiger partial charge on any atom is -0.337 e. The van der Waals surface area contributed by atoms with Crippen LogP contribution in [0.4, 0.5) is 0 Å². The Kier molecular flexibility index (Phi) is 4.51. The molecule has 0 aromatic carbocycles. The first-order valence-corrected chi connectivity index (χ1v) is 9.65. The Morgan fingerprint density at radius 3 is 2.67 bits per heavy atom. The monoisotopic (exact) mass is 315 g/mol. The molecule has 0 bridgehead atoms. The molecule has 1 N–H and O–H groups in total. The number of hydrogen-bond donors (Lipinski definition) is 1. The van der Waals surface area contributed by atoms with Crippen LogP contribution >= 0.6 is 0 Å². The molecule has 0 aromatic rings. The van der Waals surface area contributed by atoms with E-state index in [2.05, 4.69) is 5.32 Å². The van der Waals surface area contributed by atoms with Crippen molar-refractivity contribution < 1.29 is 13.2 Å². The molecule has 0 radical (unpaired) electrons. The van der Waals surface area contributed by atoms with Gasteiger partial charge in [0.05, 0.1) is 5.75 Å². The molecule has 0 saturated carbocycles. The number of nitrogens with zero attached hydrogens (tertiary/aromatic N) is 2. The Hall–Kier alpha value is -0.660. The fourth-order valence-electron chi connectivity index (χ4n) is 3.70. The summed E-state index contributed by atoms with van der Waals surface area (Å²) in [7, 11) is -3.16. The predicted octanol–water partition coefficient (Wildman–Crippen LogP) is 0.0125. The maximum atomic E-state index is 12.5. The maximum Gasteiger partial charge on any atom is 0.222 e. The molecule has 3 rings (SSSR count). The molecule has 3 heterocycles. The number of carbonyl (C=O) groups excluding carboxylic acids is 1. The van der Waals surface area contributed by atoms with Gasteiger partial charge in [-0.25, -0.2) is 8.42 Å². The highest BCUT2D eigenvalue weighted by Crippen LogP contribution is 2.25. The average Bonchev–Trinajstić information content (AvgIpc) is 2.87. The highest BCUT2D eigenvalue weighted by Gasteiger charge is 2.39. The number of sulfonamides is 1. The number of piperidine rings is 1. The van der Waals surface area contributed by atoms with Crippen LogP contribution in [0, 0.1) is 5.92 Å². The summed E-state index contributed by atoms with van der Waals surface area (Å²) in [6.07, 6.45) is 4.32. The number of amides is 1. The van der Waals surface area contributed by atoms with E-state index in [0.717, 1.165) is 38.8 Å². The summed E-state index contributed by atoms with van der Waals surface area (Å²) in [6, 6.07) is 0.111. The molecule has 3 aliphatic heterocycles. The smallest absolute Gasteiger partial charge is 0.222 e. The first kappa shape index (κ1) is 15.2. The predicted molar refractivity (Wildman–Crippen MR) is 80.3 cm³/mol. The van der Waals surface area contributed by atoms with E-state index in [1.165, 1.54) is 0 Å². The highest BCUT2D eigenvalue weighted by molar-refractivity contribution is 7.89. The second kappa shape index (κ2) is 6.22. The Labute approximate surface area is 126 Å². The first-order valence-electron chi connectivity index (χ1n) is 8.04. The fraction of sp³-hybridized carbons (Fsp3) is 0.929. The zero-order chi connectivity index (χ0) is 14.9. The van der Waals surface area contributed by atoms with Crippen LogP contribution in [0.25, 0.3) is 0 Å². The van der Waals surface area contributed by atoms with Gasteiger partial charge in [-0.3, -0.25) is 4.79 Å². The van der Waals surface area contributed by atoms with Gasteiger partial charge >= 0.3 is 0 Å². The Balaban J connectivity index is 1.54. The van der Waals surface area contributed by atoms with Crippen LogP contribution in [0.3, 0.4) is 0 Å². The zero-order valence-electron chi connectivity index (χ0n) is 12.5. The standard InChI is InChI=1S/C14H25N3O3S/c18-14-2-1-13-11-16(8-9-17(13)14)21(19,20)10-5-12-3-6-15-7-4-12/h12-13,15H,1-11H2. The van der Waals surface area contributed by atoms with Crippen LogP contribution in [0.1, 0.15) is 32.1 Å². The van der Waals surface area contributed by atoms with Gasteiger partial charge in [0, 0.05) is 32.1 Å². The minimum atomic E-state index is -3.16. The van der Waals surface area contributed by atoms with E-state index in [1.54, 1.807) is 4.31 Å². The quantitative estimate of drug-likeness (QED) is 0.793. The summed E-state index contributed by atoms with van der Waals surface area (Å²) in [6.45, 7) is 3.55. The number of piperazine rings is 1. The highest BCUT2D eigenvalue weighted by atomic mass is 32.2. The van der Waals surface area contributed by atoms with Crippen LogP contribution < -0.4 is 5.32 Å². The number of nitrogens with one attached hydrogen (secondary N) is 1. The number of fused-ring (bicyclic) bond motifs is 1. The van der Waals surface area contributed by atoms with E-state index in [9.17, 15) is 13.2 Å². The van der Waals surface area contributed by atoms with E-state index in [0.29, 0.717) is 32.0 Å². The van der Waals surface area contributed by atoms with E-state index in [-0.39, 0.29) is 17.7 Å². The van der Waals surface area contributed by atoms with Gasteiger partial charge < -0.3 is 10.2 Å². The van der Waals surface area contributed by atoms with Crippen molar-refractivity contribution in [3.05, 3.63) is 0 Å². The molecule has 1 amide bonds. The van der Waals surface area contributed by atoms with Gasteiger partial charge in [-0.2, -0.15) is 4.31 Å². The van der Waals surface area contributed by atoms with Crippen molar-refractivity contribution in [1.82, 2.24) is 14.5 Å². The summed E-state index contributed by atoms with van der Waals surface area (Å²) in [5.41, 5.74) is 0. The molecule has 3 saturated heterocycles. The molecule has 120 valence electrons. The minimum absolute atomic E-state index is 0.111. The number of hydrogen-bond acceptors (Lipinski definition) is 4. The molecule has 3 fully saturated rings. The van der Waals surface area contributed by atoms with Crippen molar-refractivity contribution in [3.63, 3.8) is 0 Å². The third kappa shape index (κ3) is 3.40. The molecule has 0 aliphatic carbocycles. The van der Waals surface area contributed by atoms with Crippen LogP contribution in [-0.2, 0) is 14.8 Å². The molecule has 0 aromatic heterocycles. The van der Waals surface area contributed by atoms with Gasteiger partial charge in [-0.05, 0) is 44.7 Å². The van der Waals surface area contributed by atoms with E-state index < -0.39 is 10.0 Å². The summed E-state index contributed by atoms with van der Waals surface area (Å²) in [5, 5.41) is 3.31. The molecule has 6 nitrogen and oxygen atoms in total. The number of rotatable bonds is 4. The Bertz CT molecular complexity index is 488. The molecule has 21 heavy (non-hydrogen) atoms. The molecule has 1 atom stereocenters. The van der Waals surface area contributed by atoms with Crippen molar-refractivity contribution in [2.75, 3.05) is 38.5 Å². The summed E-state index contributed by atoms with van der Waals surface area (Å²) in [5.74, 6) is 0.986. The summed E-state index contributed by atoms with van der Waals surface area (Å²) < 4.78 is 26.6. The normalized spacial score (nSPS) is 28.9. The molecular formula is C14H25N3O3S. The van der Waals surface area contributed by atoms with Gasteiger partial charge in [0.15, 0.2) is 0 Å². The van der Waals surface area contributed by atoms with Crippen molar-refractivity contribution in [2.24, 2.45) is 5.92 Å². The van der Waals surface area contributed by atoms with Crippen LogP contribution in [0.15, 0.2) is 0 Å².